The molecule has 4 heteroatoms. The van der Waals surface area contributed by atoms with E-state index in [1.165, 1.54) is 32.8 Å². The van der Waals surface area contributed by atoms with Gasteiger partial charge in [-0.1, -0.05) is 188 Å². The zero-order chi connectivity index (χ0) is 41.7. The van der Waals surface area contributed by atoms with Crippen LogP contribution >= 0.6 is 0 Å². The van der Waals surface area contributed by atoms with Gasteiger partial charge in [0.1, 0.15) is 0 Å². The van der Waals surface area contributed by atoms with Crippen LogP contribution in [0.3, 0.4) is 0 Å². The molecular weight excluding hydrogens is 765 g/mol. The first-order valence-corrected chi connectivity index (χ1v) is 21.4. The van der Waals surface area contributed by atoms with E-state index in [1.807, 2.05) is 24.3 Å². The number of benzene rings is 9. The Labute approximate surface area is 365 Å². The summed E-state index contributed by atoms with van der Waals surface area (Å²) >= 11 is 0. The summed E-state index contributed by atoms with van der Waals surface area (Å²) in [5.41, 5.74) is 16.0. The van der Waals surface area contributed by atoms with E-state index in [4.69, 9.17) is 15.0 Å². The lowest BCUT2D eigenvalue weighted by molar-refractivity contribution is 1.18. The third kappa shape index (κ3) is 6.44. The Morgan fingerprint density at radius 2 is 0.825 bits per heavy atom. The monoisotopic (exact) mass is 802 g/mol. The number of hydrogen-bond donors (Lipinski definition) is 0. The van der Waals surface area contributed by atoms with Gasteiger partial charge in [0, 0.05) is 54.9 Å². The van der Waals surface area contributed by atoms with Gasteiger partial charge in [-0.15, -0.1) is 0 Å². The minimum Gasteiger partial charge on any atom is -0.309 e. The fourth-order valence-electron chi connectivity index (χ4n) is 9.18. The SMILES string of the molecule is c1ccc(-c2cccc(-c3cc(-c4ccc(-c5ccc(-c6nc7ccccc7c7c6ccc6c7c7ccccc7n6-c6ccccc6)cc5)cc4)nc(-c4ccccc4)n3)c2)cc1. The van der Waals surface area contributed by atoms with Crippen molar-refractivity contribution in [3.05, 3.63) is 231 Å². The van der Waals surface area contributed by atoms with Crippen molar-refractivity contribution >= 4 is 43.5 Å². The summed E-state index contributed by atoms with van der Waals surface area (Å²) < 4.78 is 2.38. The van der Waals surface area contributed by atoms with Crippen molar-refractivity contribution in [1.29, 1.82) is 0 Å². The molecule has 0 aliphatic rings. The highest BCUT2D eigenvalue weighted by Crippen LogP contribution is 2.42. The van der Waals surface area contributed by atoms with Crippen LogP contribution < -0.4 is 0 Å². The summed E-state index contributed by atoms with van der Waals surface area (Å²) in [5.74, 6) is 0.699. The molecule has 0 saturated carbocycles. The standard InChI is InChI=1S/C59H38N4/c1-4-15-39(16-5-1)45-19-14-20-46(37-45)53-38-52(61-59(62-53)44-17-6-2-7-18-44)42-31-27-40(28-32-42)41-29-33-43(34-30-41)58-50-35-36-55-57(56(50)48-23-10-12-25-51(48)60-58)49-24-11-13-26-54(49)63(55)47-21-8-3-9-22-47/h1-38H. The van der Waals surface area contributed by atoms with E-state index in [0.29, 0.717) is 5.82 Å². The molecule has 3 aromatic heterocycles. The summed E-state index contributed by atoms with van der Waals surface area (Å²) in [5, 5.41) is 6.00. The maximum absolute atomic E-state index is 5.33. The van der Waals surface area contributed by atoms with Crippen LogP contribution in [0.5, 0.6) is 0 Å². The number of hydrogen-bond acceptors (Lipinski definition) is 3. The zero-order valence-electron chi connectivity index (χ0n) is 34.2. The van der Waals surface area contributed by atoms with Crippen molar-refractivity contribution in [2.45, 2.75) is 0 Å². The first-order chi connectivity index (χ1) is 31.2. The van der Waals surface area contributed by atoms with Gasteiger partial charge in [-0.25, -0.2) is 15.0 Å². The van der Waals surface area contributed by atoms with Crippen molar-refractivity contribution in [3.63, 3.8) is 0 Å². The molecule has 0 atom stereocenters. The Morgan fingerprint density at radius 3 is 1.56 bits per heavy atom. The molecule has 0 aliphatic heterocycles. The smallest absolute Gasteiger partial charge is 0.160 e. The zero-order valence-corrected chi connectivity index (χ0v) is 34.2. The Balaban J connectivity index is 0.923. The van der Waals surface area contributed by atoms with Gasteiger partial charge < -0.3 is 4.57 Å². The maximum atomic E-state index is 5.33. The molecule has 0 N–H and O–H groups in total. The van der Waals surface area contributed by atoms with E-state index in [2.05, 4.69) is 211 Å². The van der Waals surface area contributed by atoms with Gasteiger partial charge >= 0.3 is 0 Å². The van der Waals surface area contributed by atoms with Crippen molar-refractivity contribution in [1.82, 2.24) is 19.5 Å². The second kappa shape index (κ2) is 15.2. The number of aromatic nitrogens is 4. The summed E-state index contributed by atoms with van der Waals surface area (Å²) in [7, 11) is 0. The van der Waals surface area contributed by atoms with Crippen LogP contribution in [0.15, 0.2) is 231 Å². The van der Waals surface area contributed by atoms with Gasteiger partial charge in [-0.05, 0) is 64.7 Å². The molecule has 4 nitrogen and oxygen atoms in total. The lowest BCUT2D eigenvalue weighted by atomic mass is 9.95. The number of para-hydroxylation sites is 3. The summed E-state index contributed by atoms with van der Waals surface area (Å²) in [6.45, 7) is 0. The van der Waals surface area contributed by atoms with E-state index in [-0.39, 0.29) is 0 Å². The van der Waals surface area contributed by atoms with Crippen LogP contribution in [-0.2, 0) is 0 Å². The van der Waals surface area contributed by atoms with Gasteiger partial charge in [-0.2, -0.15) is 0 Å². The molecule has 0 radical (unpaired) electrons. The summed E-state index contributed by atoms with van der Waals surface area (Å²) in [6.07, 6.45) is 0. The minimum absolute atomic E-state index is 0.699. The van der Waals surface area contributed by atoms with Gasteiger partial charge in [-0.3, -0.25) is 0 Å². The van der Waals surface area contributed by atoms with Crippen LogP contribution in [0, 0.1) is 0 Å². The van der Waals surface area contributed by atoms with Crippen molar-refractivity contribution in [3.8, 4) is 73.1 Å². The quantitative estimate of drug-likeness (QED) is 0.151. The molecule has 0 aliphatic carbocycles. The molecule has 0 spiro atoms. The van der Waals surface area contributed by atoms with Crippen LogP contribution in [0.25, 0.3) is 117 Å². The molecule has 294 valence electrons. The molecule has 3 heterocycles. The highest BCUT2D eigenvalue weighted by atomic mass is 15.0. The van der Waals surface area contributed by atoms with Crippen LogP contribution in [-0.4, -0.2) is 19.5 Å². The van der Waals surface area contributed by atoms with E-state index in [0.717, 1.165) is 78.0 Å². The van der Waals surface area contributed by atoms with Gasteiger partial charge in [0.15, 0.2) is 5.82 Å². The first-order valence-electron chi connectivity index (χ1n) is 21.4. The lowest BCUT2D eigenvalue weighted by Gasteiger charge is -2.13. The average Bonchev–Trinajstić information content (AvgIpc) is 3.71. The van der Waals surface area contributed by atoms with Gasteiger partial charge in [0.2, 0.25) is 0 Å². The molecule has 0 bridgehead atoms. The lowest BCUT2D eigenvalue weighted by Crippen LogP contribution is -1.96. The number of fused-ring (bicyclic) bond motifs is 7. The number of nitrogens with zero attached hydrogens (tertiary/aromatic N) is 4. The van der Waals surface area contributed by atoms with Crippen molar-refractivity contribution in [2.24, 2.45) is 0 Å². The van der Waals surface area contributed by atoms with E-state index in [9.17, 15) is 0 Å². The predicted octanol–water partition coefficient (Wildman–Crippen LogP) is 15.3. The van der Waals surface area contributed by atoms with Gasteiger partial charge in [0.05, 0.1) is 33.6 Å². The van der Waals surface area contributed by atoms with E-state index >= 15 is 0 Å². The normalized spacial score (nSPS) is 11.5. The molecule has 12 aromatic rings. The average molecular weight is 803 g/mol. The molecule has 63 heavy (non-hydrogen) atoms. The van der Waals surface area contributed by atoms with Crippen LogP contribution in [0.2, 0.25) is 0 Å². The van der Waals surface area contributed by atoms with Crippen LogP contribution in [0.4, 0.5) is 0 Å². The Morgan fingerprint density at radius 1 is 0.286 bits per heavy atom. The fraction of sp³-hybridized carbons (Fsp3) is 0. The molecule has 0 fully saturated rings. The topological polar surface area (TPSA) is 43.6 Å². The second-order valence-electron chi connectivity index (χ2n) is 16.0. The number of rotatable bonds is 7. The first kappa shape index (κ1) is 36.4. The Bertz CT molecular complexity index is 3630. The van der Waals surface area contributed by atoms with E-state index in [1.54, 1.807) is 0 Å². The van der Waals surface area contributed by atoms with Gasteiger partial charge in [0.25, 0.3) is 0 Å². The minimum atomic E-state index is 0.699. The summed E-state index contributed by atoms with van der Waals surface area (Å²) in [6, 6.07) is 81.4. The van der Waals surface area contributed by atoms with Crippen LogP contribution in [0.1, 0.15) is 0 Å². The summed E-state index contributed by atoms with van der Waals surface area (Å²) in [4.78, 5) is 15.5. The Kier molecular flexibility index (Phi) is 8.79. The fourth-order valence-corrected chi connectivity index (χ4v) is 9.18. The molecule has 9 aromatic carbocycles. The molecular formula is C59H38N4. The highest BCUT2D eigenvalue weighted by molar-refractivity contribution is 6.29. The largest absolute Gasteiger partial charge is 0.309 e. The predicted molar refractivity (Wildman–Crippen MR) is 262 cm³/mol. The Hall–Kier alpha value is -8.47. The van der Waals surface area contributed by atoms with Crippen molar-refractivity contribution in [2.75, 3.05) is 0 Å². The van der Waals surface area contributed by atoms with Crippen molar-refractivity contribution < 1.29 is 0 Å². The highest BCUT2D eigenvalue weighted by Gasteiger charge is 2.19. The maximum Gasteiger partial charge on any atom is 0.160 e. The number of pyridine rings is 1. The van der Waals surface area contributed by atoms with E-state index < -0.39 is 0 Å². The third-order valence-corrected chi connectivity index (χ3v) is 12.2. The molecule has 12 rings (SSSR count). The third-order valence-electron chi connectivity index (χ3n) is 12.2. The molecule has 0 amide bonds. The molecule has 0 saturated heterocycles. The second-order valence-corrected chi connectivity index (χ2v) is 16.0. The molecule has 0 unspecified atom stereocenters.